The summed E-state index contributed by atoms with van der Waals surface area (Å²) in [6, 6.07) is 4.29. The van der Waals surface area contributed by atoms with Crippen LogP contribution in [0, 0.1) is 0 Å². The number of fused-ring (bicyclic) bond motifs is 1. The predicted molar refractivity (Wildman–Crippen MR) is 105 cm³/mol. The second-order valence-electron chi connectivity index (χ2n) is 6.77. The van der Waals surface area contributed by atoms with Gasteiger partial charge in [0.05, 0.1) is 36.9 Å². The van der Waals surface area contributed by atoms with E-state index in [2.05, 4.69) is 15.4 Å². The van der Waals surface area contributed by atoms with E-state index >= 15 is 0 Å². The Morgan fingerprint density at radius 3 is 2.80 bits per heavy atom. The maximum atomic E-state index is 13.6. The number of nitrogens with one attached hydrogen (secondary N) is 2. The summed E-state index contributed by atoms with van der Waals surface area (Å²) in [7, 11) is 0. The van der Waals surface area contributed by atoms with E-state index in [9.17, 15) is 18.0 Å². The average Bonchev–Trinajstić information content (AvgIpc) is 3.36. The van der Waals surface area contributed by atoms with E-state index < -0.39 is 17.8 Å². The monoisotopic (exact) mass is 460 g/mol. The summed E-state index contributed by atoms with van der Waals surface area (Å²) in [5.74, 6) is -0.635. The highest BCUT2D eigenvalue weighted by Crippen LogP contribution is 2.35. The van der Waals surface area contributed by atoms with Crippen LogP contribution in [0.1, 0.15) is 16.2 Å². The first kappa shape index (κ1) is 21.0. The predicted octanol–water partition coefficient (Wildman–Crippen LogP) is 1.77. The molecular weight excluding hydrogens is 443 g/mol. The Balaban J connectivity index is 1.62. The van der Waals surface area contributed by atoms with E-state index in [-0.39, 0.29) is 22.1 Å². The quantitative estimate of drug-likeness (QED) is 0.609. The lowest BCUT2D eigenvalue weighted by Crippen LogP contribution is -3.14. The zero-order valence-corrected chi connectivity index (χ0v) is 17.2. The van der Waals surface area contributed by atoms with Crippen LogP contribution in [0.15, 0.2) is 23.6 Å². The lowest BCUT2D eigenvalue weighted by atomic mass is 10.2. The van der Waals surface area contributed by atoms with Crippen molar-refractivity contribution in [3.05, 3.63) is 40.0 Å². The number of rotatable bonds is 5. The van der Waals surface area contributed by atoms with Crippen LogP contribution >= 0.6 is 22.9 Å². The third-order valence-corrected chi connectivity index (χ3v) is 6.02. The van der Waals surface area contributed by atoms with Gasteiger partial charge >= 0.3 is 6.18 Å². The number of carbonyl (C=O) groups is 1. The number of quaternary nitrogens is 1. The molecule has 1 aliphatic rings. The van der Waals surface area contributed by atoms with Crippen molar-refractivity contribution in [1.82, 2.24) is 19.9 Å². The number of halogens is 4. The minimum absolute atomic E-state index is 0.120. The van der Waals surface area contributed by atoms with Crippen molar-refractivity contribution < 1.29 is 27.6 Å². The molecule has 0 aromatic carbocycles. The van der Waals surface area contributed by atoms with Gasteiger partial charge in [0.25, 0.3) is 5.91 Å². The molecule has 0 bridgehead atoms. The molecule has 0 spiro atoms. The normalized spacial score (nSPS) is 15.6. The van der Waals surface area contributed by atoms with Crippen LogP contribution in [0.5, 0.6) is 0 Å². The number of morpholine rings is 1. The Labute approximate surface area is 178 Å². The first-order valence-corrected chi connectivity index (χ1v) is 10.5. The number of hydrogen-bond acceptors (Lipinski definition) is 5. The van der Waals surface area contributed by atoms with E-state index in [1.165, 1.54) is 16.2 Å². The first-order valence-electron chi connectivity index (χ1n) is 9.24. The second kappa shape index (κ2) is 8.50. The highest BCUT2D eigenvalue weighted by atomic mass is 35.5. The van der Waals surface area contributed by atoms with Gasteiger partial charge < -0.3 is 15.0 Å². The molecule has 4 heterocycles. The molecule has 1 aliphatic heterocycles. The van der Waals surface area contributed by atoms with Gasteiger partial charge in [-0.25, -0.2) is 9.50 Å². The van der Waals surface area contributed by atoms with Gasteiger partial charge in [-0.1, -0.05) is 17.7 Å². The number of thiophene rings is 1. The molecule has 1 saturated heterocycles. The molecule has 1 fully saturated rings. The van der Waals surface area contributed by atoms with E-state index in [0.29, 0.717) is 35.7 Å². The number of hydrogen-bond donors (Lipinski definition) is 2. The highest BCUT2D eigenvalue weighted by molar-refractivity contribution is 7.13. The summed E-state index contributed by atoms with van der Waals surface area (Å²) in [5.41, 5.74) is -1.42. The Hall–Kier alpha value is -2.21. The van der Waals surface area contributed by atoms with Gasteiger partial charge in [0.2, 0.25) is 0 Å². The maximum absolute atomic E-state index is 13.6. The summed E-state index contributed by atoms with van der Waals surface area (Å²) >= 11 is 7.50. The summed E-state index contributed by atoms with van der Waals surface area (Å²) in [6.07, 6.45) is -4.70. The molecule has 30 heavy (non-hydrogen) atoms. The van der Waals surface area contributed by atoms with E-state index in [0.717, 1.165) is 19.2 Å². The minimum atomic E-state index is -4.70. The molecule has 4 rings (SSSR count). The summed E-state index contributed by atoms with van der Waals surface area (Å²) in [6.45, 7) is 4.04. The van der Waals surface area contributed by atoms with Crippen molar-refractivity contribution in [2.24, 2.45) is 0 Å². The molecule has 12 heteroatoms. The van der Waals surface area contributed by atoms with Gasteiger partial charge in [0.15, 0.2) is 17.0 Å². The first-order chi connectivity index (χ1) is 14.3. The second-order valence-corrected chi connectivity index (χ2v) is 8.09. The molecule has 0 radical (unpaired) electrons. The topological polar surface area (TPSA) is 73.0 Å². The molecule has 7 nitrogen and oxygen atoms in total. The molecule has 0 unspecified atom stereocenters. The fraction of sp³-hybridized carbons (Fsp3) is 0.389. The Kier molecular flexibility index (Phi) is 5.96. The molecule has 2 N–H and O–H groups in total. The van der Waals surface area contributed by atoms with Crippen LogP contribution in [0.2, 0.25) is 5.02 Å². The van der Waals surface area contributed by atoms with Crippen molar-refractivity contribution in [3.63, 3.8) is 0 Å². The van der Waals surface area contributed by atoms with Gasteiger partial charge in [0, 0.05) is 0 Å². The third kappa shape index (κ3) is 4.29. The largest absolute Gasteiger partial charge is 0.433 e. The lowest BCUT2D eigenvalue weighted by Gasteiger charge is -2.23. The summed E-state index contributed by atoms with van der Waals surface area (Å²) in [5, 5.41) is 8.04. The SMILES string of the molecule is O=C(NCC[NH+]1CCOCC1)c1nn2c(C(F)(F)F)cc(-c3cccs3)nc2c1Cl. The summed E-state index contributed by atoms with van der Waals surface area (Å²) < 4.78 is 46.8. The van der Waals surface area contributed by atoms with Crippen LogP contribution in [-0.4, -0.2) is 59.9 Å². The van der Waals surface area contributed by atoms with Gasteiger partial charge in [0.1, 0.15) is 18.1 Å². The van der Waals surface area contributed by atoms with E-state index in [4.69, 9.17) is 16.3 Å². The number of aromatic nitrogens is 3. The highest BCUT2D eigenvalue weighted by Gasteiger charge is 2.36. The van der Waals surface area contributed by atoms with Gasteiger partial charge in [-0.2, -0.15) is 18.3 Å². The van der Waals surface area contributed by atoms with Crippen LogP contribution in [0.3, 0.4) is 0 Å². The average molecular weight is 461 g/mol. The number of ether oxygens (including phenoxy) is 1. The smallest absolute Gasteiger partial charge is 0.370 e. The third-order valence-electron chi connectivity index (χ3n) is 4.78. The summed E-state index contributed by atoms with van der Waals surface area (Å²) in [4.78, 5) is 18.6. The van der Waals surface area contributed by atoms with Gasteiger partial charge in [-0.05, 0) is 17.5 Å². The standard InChI is InChI=1S/C18H17ClF3N5O2S/c19-14-15(17(28)23-3-4-26-5-7-29-8-6-26)25-27-13(18(20,21)22)10-11(24-16(14)27)12-2-1-9-30-12/h1-2,9-10H,3-8H2,(H,23,28)/p+1. The van der Waals surface area contributed by atoms with Crippen LogP contribution in [0.4, 0.5) is 13.2 Å². The van der Waals surface area contributed by atoms with E-state index in [1.54, 1.807) is 17.5 Å². The van der Waals surface area contributed by atoms with Crippen molar-refractivity contribution in [1.29, 1.82) is 0 Å². The van der Waals surface area contributed by atoms with Gasteiger partial charge in [-0.3, -0.25) is 4.79 Å². The Morgan fingerprint density at radius 2 is 2.13 bits per heavy atom. The molecule has 160 valence electrons. The molecule has 0 atom stereocenters. The number of nitrogens with zero attached hydrogens (tertiary/aromatic N) is 3. The molecule has 1 amide bonds. The van der Waals surface area contributed by atoms with Crippen LogP contribution in [0.25, 0.3) is 16.2 Å². The fourth-order valence-corrected chi connectivity index (χ4v) is 4.17. The van der Waals surface area contributed by atoms with Crippen molar-refractivity contribution in [2.45, 2.75) is 6.18 Å². The number of alkyl halides is 3. The maximum Gasteiger partial charge on any atom is 0.433 e. The molecule has 0 aliphatic carbocycles. The Morgan fingerprint density at radius 1 is 1.37 bits per heavy atom. The Bertz CT molecular complexity index is 1050. The van der Waals surface area contributed by atoms with Gasteiger partial charge in [-0.15, -0.1) is 11.3 Å². The van der Waals surface area contributed by atoms with Crippen LogP contribution < -0.4 is 10.2 Å². The molecule has 0 saturated carbocycles. The van der Waals surface area contributed by atoms with Crippen LogP contribution in [-0.2, 0) is 10.9 Å². The van der Waals surface area contributed by atoms with Crippen molar-refractivity contribution in [3.8, 4) is 10.6 Å². The lowest BCUT2D eigenvalue weighted by molar-refractivity contribution is -0.906. The molecule has 3 aromatic rings. The number of carbonyl (C=O) groups excluding carboxylic acids is 1. The number of amides is 1. The molecular formula is C18H18ClF3N5O2S+. The van der Waals surface area contributed by atoms with Crippen molar-refractivity contribution in [2.75, 3.05) is 39.4 Å². The fourth-order valence-electron chi connectivity index (χ4n) is 3.24. The zero-order valence-electron chi connectivity index (χ0n) is 15.6. The zero-order chi connectivity index (χ0) is 21.3. The minimum Gasteiger partial charge on any atom is -0.370 e. The van der Waals surface area contributed by atoms with Crippen molar-refractivity contribution >= 4 is 34.5 Å². The van der Waals surface area contributed by atoms with E-state index in [1.807, 2.05) is 0 Å². The molecule has 3 aromatic heterocycles.